The van der Waals surface area contributed by atoms with E-state index in [1.165, 1.54) is 0 Å². The van der Waals surface area contributed by atoms with Crippen molar-refractivity contribution < 1.29 is 4.42 Å². The van der Waals surface area contributed by atoms with Gasteiger partial charge in [0.15, 0.2) is 5.58 Å². The average Bonchev–Trinajstić information content (AvgIpc) is 2.64. The summed E-state index contributed by atoms with van der Waals surface area (Å²) in [6.45, 7) is 0.862. The molecule has 0 aliphatic heterocycles. The molecule has 5 heteroatoms. The summed E-state index contributed by atoms with van der Waals surface area (Å²) < 4.78 is 4.92. The van der Waals surface area contributed by atoms with E-state index in [0.29, 0.717) is 11.1 Å². The maximum atomic E-state index is 11.0. The zero-order valence-electron chi connectivity index (χ0n) is 9.12. The number of aromatic amines is 1. The van der Waals surface area contributed by atoms with Gasteiger partial charge < -0.3 is 15.5 Å². The fourth-order valence-corrected chi connectivity index (χ4v) is 1.67. The molecule has 2 aromatic rings. The molecule has 1 atom stereocenters. The average molecular weight is 221 g/mol. The van der Waals surface area contributed by atoms with Crippen molar-refractivity contribution in [2.75, 3.05) is 13.6 Å². The first-order chi connectivity index (χ1) is 7.70. The molecule has 16 heavy (non-hydrogen) atoms. The van der Waals surface area contributed by atoms with Gasteiger partial charge in [-0.1, -0.05) is 6.07 Å². The first-order valence-corrected chi connectivity index (χ1v) is 5.23. The van der Waals surface area contributed by atoms with Crippen LogP contribution in [0.25, 0.3) is 11.1 Å². The Morgan fingerprint density at radius 2 is 2.38 bits per heavy atom. The zero-order valence-corrected chi connectivity index (χ0v) is 9.12. The molecular weight excluding hydrogens is 206 g/mol. The fourth-order valence-electron chi connectivity index (χ4n) is 1.67. The van der Waals surface area contributed by atoms with E-state index in [4.69, 9.17) is 10.2 Å². The van der Waals surface area contributed by atoms with Crippen molar-refractivity contribution in [1.82, 2.24) is 10.3 Å². The molecule has 0 saturated heterocycles. The lowest BCUT2D eigenvalue weighted by molar-refractivity contribution is 0.555. The predicted octanol–water partition coefficient (Wildman–Crippen LogP) is 0.730. The third-order valence-corrected chi connectivity index (χ3v) is 2.58. The number of fused-ring (bicyclic) bond motifs is 1. The molecule has 0 radical (unpaired) electrons. The van der Waals surface area contributed by atoms with Crippen molar-refractivity contribution in [1.29, 1.82) is 0 Å². The molecule has 1 aromatic carbocycles. The molecule has 0 saturated carbocycles. The maximum Gasteiger partial charge on any atom is 0.417 e. The Balaban J connectivity index is 2.27. The van der Waals surface area contributed by atoms with E-state index in [1.54, 1.807) is 6.07 Å². The van der Waals surface area contributed by atoms with Gasteiger partial charge in [0, 0.05) is 6.04 Å². The van der Waals surface area contributed by atoms with E-state index in [0.717, 1.165) is 18.5 Å². The van der Waals surface area contributed by atoms with Crippen molar-refractivity contribution in [2.45, 2.75) is 12.5 Å². The number of hydrogen-bond donors (Lipinski definition) is 3. The normalized spacial score (nSPS) is 13.1. The molecule has 1 unspecified atom stereocenters. The number of oxazole rings is 1. The van der Waals surface area contributed by atoms with Gasteiger partial charge in [-0.05, 0) is 37.7 Å². The number of nitrogens with one attached hydrogen (secondary N) is 2. The van der Waals surface area contributed by atoms with E-state index in [2.05, 4.69) is 10.3 Å². The lowest BCUT2D eigenvalue weighted by atomic mass is 10.0. The second-order valence-corrected chi connectivity index (χ2v) is 3.77. The number of H-pyrrole nitrogens is 1. The Hall–Kier alpha value is -1.59. The van der Waals surface area contributed by atoms with Gasteiger partial charge in [-0.15, -0.1) is 0 Å². The van der Waals surface area contributed by atoms with Crippen LogP contribution in [0.1, 0.15) is 18.0 Å². The zero-order chi connectivity index (χ0) is 11.5. The predicted molar refractivity (Wildman–Crippen MR) is 62.3 cm³/mol. The molecule has 2 rings (SSSR count). The van der Waals surface area contributed by atoms with Gasteiger partial charge in [-0.3, -0.25) is 4.98 Å². The van der Waals surface area contributed by atoms with Crippen LogP contribution in [0.3, 0.4) is 0 Å². The van der Waals surface area contributed by atoms with E-state index < -0.39 is 5.76 Å². The molecule has 4 N–H and O–H groups in total. The molecular formula is C11H15N3O2. The number of hydrogen-bond acceptors (Lipinski definition) is 4. The van der Waals surface area contributed by atoms with Crippen LogP contribution in [0.2, 0.25) is 0 Å². The summed E-state index contributed by atoms with van der Waals surface area (Å²) in [6, 6.07) is 5.48. The van der Waals surface area contributed by atoms with Gasteiger partial charge >= 0.3 is 5.76 Å². The summed E-state index contributed by atoms with van der Waals surface area (Å²) in [5.74, 6) is -0.434. The van der Waals surface area contributed by atoms with E-state index in [1.807, 2.05) is 19.2 Å². The standard InChI is InChI=1S/C11H15N3O2/c1-13-5-4-8(12)7-2-3-10-9(6-7)14-11(15)16-10/h2-3,6,8,13H,4-5,12H2,1H3,(H,14,15). The van der Waals surface area contributed by atoms with E-state index in [-0.39, 0.29) is 6.04 Å². The molecule has 0 aliphatic rings. The summed E-state index contributed by atoms with van der Waals surface area (Å²) in [7, 11) is 1.89. The van der Waals surface area contributed by atoms with Crippen LogP contribution in [0, 0.1) is 0 Å². The highest BCUT2D eigenvalue weighted by Crippen LogP contribution is 2.18. The fraction of sp³-hybridized carbons (Fsp3) is 0.364. The molecule has 0 spiro atoms. The third-order valence-electron chi connectivity index (χ3n) is 2.58. The van der Waals surface area contributed by atoms with Crippen LogP contribution in [0.5, 0.6) is 0 Å². The topological polar surface area (TPSA) is 84.0 Å². The Kier molecular flexibility index (Phi) is 3.07. The van der Waals surface area contributed by atoms with Crippen LogP contribution in [0.15, 0.2) is 27.4 Å². The highest BCUT2D eigenvalue weighted by molar-refractivity contribution is 5.72. The molecule has 1 heterocycles. The number of nitrogens with two attached hydrogens (primary N) is 1. The van der Waals surface area contributed by atoms with Crippen molar-refractivity contribution in [3.63, 3.8) is 0 Å². The highest BCUT2D eigenvalue weighted by Gasteiger charge is 2.08. The van der Waals surface area contributed by atoms with Gasteiger partial charge in [-0.2, -0.15) is 0 Å². The summed E-state index contributed by atoms with van der Waals surface area (Å²) in [4.78, 5) is 13.6. The summed E-state index contributed by atoms with van der Waals surface area (Å²) >= 11 is 0. The van der Waals surface area contributed by atoms with E-state index in [9.17, 15) is 4.79 Å². The van der Waals surface area contributed by atoms with Gasteiger partial charge in [0.25, 0.3) is 0 Å². The Morgan fingerprint density at radius 3 is 3.12 bits per heavy atom. The Bertz CT molecular complexity index is 529. The first-order valence-electron chi connectivity index (χ1n) is 5.23. The van der Waals surface area contributed by atoms with Crippen LogP contribution in [-0.4, -0.2) is 18.6 Å². The second kappa shape index (κ2) is 4.51. The van der Waals surface area contributed by atoms with Crippen LogP contribution in [-0.2, 0) is 0 Å². The minimum absolute atomic E-state index is 0.0322. The van der Waals surface area contributed by atoms with Crippen LogP contribution >= 0.6 is 0 Å². The second-order valence-electron chi connectivity index (χ2n) is 3.77. The molecule has 5 nitrogen and oxygen atoms in total. The maximum absolute atomic E-state index is 11.0. The SMILES string of the molecule is CNCCC(N)c1ccc2oc(=O)[nH]c2c1. The highest BCUT2D eigenvalue weighted by atomic mass is 16.4. The van der Waals surface area contributed by atoms with Gasteiger partial charge in [0.2, 0.25) is 0 Å². The minimum atomic E-state index is -0.434. The molecule has 1 aromatic heterocycles. The lowest BCUT2D eigenvalue weighted by Gasteiger charge is -2.11. The van der Waals surface area contributed by atoms with Gasteiger partial charge in [-0.25, -0.2) is 4.79 Å². The minimum Gasteiger partial charge on any atom is -0.408 e. The largest absolute Gasteiger partial charge is 0.417 e. The Morgan fingerprint density at radius 1 is 1.56 bits per heavy atom. The van der Waals surface area contributed by atoms with Crippen LogP contribution in [0.4, 0.5) is 0 Å². The number of benzene rings is 1. The molecule has 0 bridgehead atoms. The lowest BCUT2D eigenvalue weighted by Crippen LogP contribution is -2.17. The van der Waals surface area contributed by atoms with Crippen molar-refractivity contribution >= 4 is 11.1 Å². The molecule has 0 fully saturated rings. The quantitative estimate of drug-likeness (QED) is 0.710. The van der Waals surface area contributed by atoms with Crippen molar-refractivity contribution in [3.05, 3.63) is 34.3 Å². The van der Waals surface area contributed by atoms with E-state index >= 15 is 0 Å². The number of aromatic nitrogens is 1. The monoisotopic (exact) mass is 221 g/mol. The number of rotatable bonds is 4. The van der Waals surface area contributed by atoms with Crippen molar-refractivity contribution in [3.8, 4) is 0 Å². The summed E-state index contributed by atoms with van der Waals surface area (Å²) in [5.41, 5.74) is 8.28. The van der Waals surface area contributed by atoms with Crippen molar-refractivity contribution in [2.24, 2.45) is 5.73 Å². The Labute approximate surface area is 92.6 Å². The van der Waals surface area contributed by atoms with Crippen LogP contribution < -0.4 is 16.8 Å². The van der Waals surface area contributed by atoms with Gasteiger partial charge in [0.1, 0.15) is 0 Å². The van der Waals surface area contributed by atoms with Gasteiger partial charge in [0.05, 0.1) is 5.52 Å². The third kappa shape index (κ3) is 2.15. The molecule has 0 aliphatic carbocycles. The summed E-state index contributed by atoms with van der Waals surface area (Å²) in [5, 5.41) is 3.05. The first kappa shape index (κ1) is 10.9. The summed E-state index contributed by atoms with van der Waals surface area (Å²) in [6.07, 6.45) is 0.851. The molecule has 86 valence electrons. The smallest absolute Gasteiger partial charge is 0.408 e. The molecule has 0 amide bonds.